The lowest BCUT2D eigenvalue weighted by Crippen LogP contribution is -2.46. The third kappa shape index (κ3) is 3.38. The van der Waals surface area contributed by atoms with Gasteiger partial charge in [0.2, 0.25) is 0 Å². The average Bonchev–Trinajstić information content (AvgIpc) is 3.15. The number of nitrogens with one attached hydrogen (secondary N) is 1. The number of aliphatic hydroxyl groups is 1. The maximum Gasteiger partial charge on any atom is 0.263 e. The predicted molar refractivity (Wildman–Crippen MR) is 87.5 cm³/mol. The Hall–Kier alpha value is -1.28. The SMILES string of the molecule is Cc1nc(-c2ccsc2)sc1C(=O)NCC1(O)CCOCC1. The molecule has 0 saturated carbocycles. The van der Waals surface area contributed by atoms with Crippen LogP contribution in [0.1, 0.15) is 28.2 Å². The molecule has 0 unspecified atom stereocenters. The minimum Gasteiger partial charge on any atom is -0.388 e. The van der Waals surface area contributed by atoms with E-state index in [-0.39, 0.29) is 12.5 Å². The van der Waals surface area contributed by atoms with Crippen molar-refractivity contribution in [3.63, 3.8) is 0 Å². The number of aromatic nitrogens is 1. The zero-order valence-electron chi connectivity index (χ0n) is 12.3. The van der Waals surface area contributed by atoms with Gasteiger partial charge in [-0.25, -0.2) is 4.98 Å². The van der Waals surface area contributed by atoms with Gasteiger partial charge in [0.05, 0.1) is 11.3 Å². The second kappa shape index (κ2) is 6.45. The highest BCUT2D eigenvalue weighted by Crippen LogP contribution is 2.29. The minimum absolute atomic E-state index is 0.170. The minimum atomic E-state index is -0.858. The number of hydrogen-bond acceptors (Lipinski definition) is 6. The maximum absolute atomic E-state index is 12.4. The molecule has 7 heteroatoms. The fourth-order valence-corrected chi connectivity index (χ4v) is 4.06. The summed E-state index contributed by atoms with van der Waals surface area (Å²) in [5.41, 5.74) is 0.908. The quantitative estimate of drug-likeness (QED) is 0.898. The van der Waals surface area contributed by atoms with Gasteiger partial charge in [-0.1, -0.05) is 0 Å². The summed E-state index contributed by atoms with van der Waals surface area (Å²) in [5, 5.41) is 18.1. The van der Waals surface area contributed by atoms with Crippen LogP contribution in [0.15, 0.2) is 16.8 Å². The number of thiazole rings is 1. The van der Waals surface area contributed by atoms with Crippen molar-refractivity contribution in [2.45, 2.75) is 25.4 Å². The van der Waals surface area contributed by atoms with Gasteiger partial charge >= 0.3 is 0 Å². The zero-order chi connectivity index (χ0) is 15.6. The molecule has 2 aromatic heterocycles. The molecule has 0 radical (unpaired) electrons. The number of carbonyl (C=O) groups excluding carboxylic acids is 1. The highest BCUT2D eigenvalue weighted by atomic mass is 32.1. The Bertz CT molecular complexity index is 646. The van der Waals surface area contributed by atoms with Crippen LogP contribution in [0.5, 0.6) is 0 Å². The molecule has 1 aliphatic rings. The van der Waals surface area contributed by atoms with E-state index in [1.54, 1.807) is 11.3 Å². The molecular formula is C15H18N2O3S2. The van der Waals surface area contributed by atoms with Crippen molar-refractivity contribution in [2.24, 2.45) is 0 Å². The fraction of sp³-hybridized carbons (Fsp3) is 0.467. The van der Waals surface area contributed by atoms with Crippen LogP contribution in [-0.4, -0.2) is 41.4 Å². The van der Waals surface area contributed by atoms with E-state index in [1.165, 1.54) is 11.3 Å². The zero-order valence-corrected chi connectivity index (χ0v) is 13.9. The first-order valence-corrected chi connectivity index (χ1v) is 8.92. The van der Waals surface area contributed by atoms with Crippen LogP contribution in [0.4, 0.5) is 0 Å². The van der Waals surface area contributed by atoms with Crippen LogP contribution >= 0.6 is 22.7 Å². The van der Waals surface area contributed by atoms with Crippen molar-refractivity contribution in [3.05, 3.63) is 27.4 Å². The Morgan fingerprint density at radius 1 is 1.50 bits per heavy atom. The number of thiophene rings is 1. The molecule has 1 fully saturated rings. The molecule has 0 atom stereocenters. The van der Waals surface area contributed by atoms with Gasteiger partial charge in [0, 0.05) is 43.5 Å². The summed E-state index contributed by atoms with van der Waals surface area (Å²) >= 11 is 3.00. The topological polar surface area (TPSA) is 71.5 Å². The molecule has 3 rings (SSSR count). The summed E-state index contributed by atoms with van der Waals surface area (Å²) in [6.07, 6.45) is 1.10. The van der Waals surface area contributed by atoms with Gasteiger partial charge in [-0.15, -0.1) is 11.3 Å². The molecule has 2 N–H and O–H groups in total. The number of hydrogen-bond donors (Lipinski definition) is 2. The Morgan fingerprint density at radius 2 is 2.27 bits per heavy atom. The van der Waals surface area contributed by atoms with Crippen molar-refractivity contribution < 1.29 is 14.6 Å². The van der Waals surface area contributed by atoms with Crippen LogP contribution < -0.4 is 5.32 Å². The summed E-state index contributed by atoms with van der Waals surface area (Å²) in [7, 11) is 0. The first-order valence-electron chi connectivity index (χ1n) is 7.16. The molecule has 0 spiro atoms. The molecule has 3 heterocycles. The normalized spacial score (nSPS) is 17.4. The van der Waals surface area contributed by atoms with Crippen LogP contribution in [0, 0.1) is 6.92 Å². The van der Waals surface area contributed by atoms with Crippen LogP contribution in [0.3, 0.4) is 0 Å². The van der Waals surface area contributed by atoms with Crippen molar-refractivity contribution in [1.82, 2.24) is 10.3 Å². The Kier molecular flexibility index (Phi) is 4.58. The van der Waals surface area contributed by atoms with Gasteiger partial charge in [0.25, 0.3) is 5.91 Å². The van der Waals surface area contributed by atoms with Gasteiger partial charge in [0.1, 0.15) is 9.88 Å². The summed E-state index contributed by atoms with van der Waals surface area (Å²) < 4.78 is 5.24. The second-order valence-corrected chi connectivity index (χ2v) is 7.24. The molecule has 1 amide bonds. The number of amides is 1. The Morgan fingerprint density at radius 3 is 2.95 bits per heavy atom. The van der Waals surface area contributed by atoms with Gasteiger partial charge < -0.3 is 15.2 Å². The highest BCUT2D eigenvalue weighted by molar-refractivity contribution is 7.17. The van der Waals surface area contributed by atoms with E-state index in [4.69, 9.17) is 4.74 Å². The lowest BCUT2D eigenvalue weighted by molar-refractivity contribution is -0.0605. The van der Waals surface area contributed by atoms with Gasteiger partial charge in [-0.2, -0.15) is 11.3 Å². The predicted octanol–water partition coefficient (Wildman–Crippen LogP) is 2.45. The number of ether oxygens (including phenoxy) is 1. The maximum atomic E-state index is 12.4. The standard InChI is InChI=1S/C15H18N2O3S2/c1-10-12(22-14(17-10)11-2-7-21-8-11)13(18)16-9-15(19)3-5-20-6-4-15/h2,7-8,19H,3-6,9H2,1H3,(H,16,18). The van der Waals surface area contributed by atoms with E-state index < -0.39 is 5.60 Å². The van der Waals surface area contributed by atoms with E-state index >= 15 is 0 Å². The molecular weight excluding hydrogens is 320 g/mol. The summed E-state index contributed by atoms with van der Waals surface area (Å²) in [6.45, 7) is 3.16. The average molecular weight is 338 g/mol. The summed E-state index contributed by atoms with van der Waals surface area (Å²) in [4.78, 5) is 17.4. The van der Waals surface area contributed by atoms with Gasteiger partial charge in [-0.3, -0.25) is 4.79 Å². The van der Waals surface area contributed by atoms with Crippen LogP contribution in [0.2, 0.25) is 0 Å². The monoisotopic (exact) mass is 338 g/mol. The molecule has 22 heavy (non-hydrogen) atoms. The van der Waals surface area contributed by atoms with E-state index in [0.29, 0.717) is 30.9 Å². The number of nitrogens with zero attached hydrogens (tertiary/aromatic N) is 1. The Labute approximate surface area is 137 Å². The van der Waals surface area contributed by atoms with E-state index in [2.05, 4.69) is 10.3 Å². The van der Waals surface area contributed by atoms with Crippen molar-refractivity contribution in [2.75, 3.05) is 19.8 Å². The molecule has 0 aliphatic carbocycles. The molecule has 118 valence electrons. The summed E-state index contributed by atoms with van der Waals surface area (Å²) in [5.74, 6) is -0.170. The largest absolute Gasteiger partial charge is 0.388 e. The van der Waals surface area contributed by atoms with Gasteiger partial charge in [0.15, 0.2) is 0 Å². The van der Waals surface area contributed by atoms with E-state index in [1.807, 2.05) is 23.8 Å². The van der Waals surface area contributed by atoms with Crippen LogP contribution in [0.25, 0.3) is 10.6 Å². The molecule has 5 nitrogen and oxygen atoms in total. The third-order valence-electron chi connectivity index (χ3n) is 3.77. The van der Waals surface area contributed by atoms with Crippen molar-refractivity contribution in [3.8, 4) is 10.6 Å². The second-order valence-electron chi connectivity index (χ2n) is 5.46. The first kappa shape index (κ1) is 15.6. The van der Waals surface area contributed by atoms with E-state index in [0.717, 1.165) is 16.3 Å². The Balaban J connectivity index is 1.67. The molecule has 1 aliphatic heterocycles. The van der Waals surface area contributed by atoms with Gasteiger partial charge in [-0.05, 0) is 18.4 Å². The number of rotatable bonds is 4. The molecule has 2 aromatic rings. The molecule has 1 saturated heterocycles. The third-order valence-corrected chi connectivity index (χ3v) is 5.66. The number of carbonyl (C=O) groups is 1. The van der Waals surface area contributed by atoms with Crippen LogP contribution in [-0.2, 0) is 4.74 Å². The molecule has 0 bridgehead atoms. The summed E-state index contributed by atoms with van der Waals surface area (Å²) in [6, 6.07) is 2.00. The van der Waals surface area contributed by atoms with Crippen molar-refractivity contribution in [1.29, 1.82) is 0 Å². The highest BCUT2D eigenvalue weighted by Gasteiger charge is 2.30. The first-order chi connectivity index (χ1) is 10.6. The van der Waals surface area contributed by atoms with Crippen molar-refractivity contribution >= 4 is 28.6 Å². The lowest BCUT2D eigenvalue weighted by atomic mass is 9.94. The van der Waals surface area contributed by atoms with E-state index in [9.17, 15) is 9.90 Å². The molecule has 0 aromatic carbocycles. The number of aryl methyl sites for hydroxylation is 1. The lowest BCUT2D eigenvalue weighted by Gasteiger charge is -2.31. The smallest absolute Gasteiger partial charge is 0.263 e. The fourth-order valence-electron chi connectivity index (χ4n) is 2.37.